The van der Waals surface area contributed by atoms with Crippen molar-refractivity contribution < 1.29 is 4.74 Å². The summed E-state index contributed by atoms with van der Waals surface area (Å²) < 4.78 is 5.52. The van der Waals surface area contributed by atoms with Gasteiger partial charge < -0.3 is 10.1 Å². The van der Waals surface area contributed by atoms with Crippen molar-refractivity contribution in [3.05, 3.63) is 42.0 Å². The Morgan fingerprint density at radius 1 is 1.20 bits per heavy atom. The number of rotatable bonds is 7. The van der Waals surface area contributed by atoms with Gasteiger partial charge in [-0.05, 0) is 42.2 Å². The van der Waals surface area contributed by atoms with Gasteiger partial charge in [-0.25, -0.2) is 0 Å². The molecule has 0 heterocycles. The average molecular weight is 289 g/mol. The zero-order valence-electron chi connectivity index (χ0n) is 12.5. The van der Waals surface area contributed by atoms with Crippen LogP contribution in [0.4, 0.5) is 0 Å². The lowest BCUT2D eigenvalue weighted by atomic mass is 10.0. The Morgan fingerprint density at radius 2 is 2.00 bits per heavy atom. The van der Waals surface area contributed by atoms with Crippen LogP contribution in [0.15, 0.2) is 36.4 Å². The first kappa shape index (κ1) is 15.2. The van der Waals surface area contributed by atoms with Gasteiger partial charge in [0.2, 0.25) is 0 Å². The highest BCUT2D eigenvalue weighted by molar-refractivity contribution is 7.98. The molecule has 1 N–H and O–H groups in total. The van der Waals surface area contributed by atoms with Gasteiger partial charge in [-0.1, -0.05) is 30.3 Å². The van der Waals surface area contributed by atoms with E-state index in [2.05, 4.69) is 54.9 Å². The lowest BCUT2D eigenvalue weighted by Gasteiger charge is -2.17. The molecule has 0 aliphatic heterocycles. The third kappa shape index (κ3) is 3.68. The Balaban J connectivity index is 2.18. The van der Waals surface area contributed by atoms with Crippen molar-refractivity contribution in [1.29, 1.82) is 0 Å². The van der Waals surface area contributed by atoms with Crippen LogP contribution in [0.2, 0.25) is 0 Å². The first-order valence-electron chi connectivity index (χ1n) is 7.03. The van der Waals surface area contributed by atoms with E-state index in [0.717, 1.165) is 12.3 Å². The lowest BCUT2D eigenvalue weighted by Crippen LogP contribution is -2.26. The number of benzene rings is 2. The average Bonchev–Trinajstić information content (AvgIpc) is 2.50. The summed E-state index contributed by atoms with van der Waals surface area (Å²) in [6.07, 6.45) is 3.34. The van der Waals surface area contributed by atoms with E-state index in [4.69, 9.17) is 4.74 Å². The Bertz CT molecular complexity index is 556. The van der Waals surface area contributed by atoms with Gasteiger partial charge in [-0.15, -0.1) is 0 Å². The van der Waals surface area contributed by atoms with Gasteiger partial charge in [0.1, 0.15) is 5.75 Å². The van der Waals surface area contributed by atoms with Gasteiger partial charge in [0.05, 0.1) is 7.11 Å². The molecule has 0 spiro atoms. The number of methoxy groups -OCH3 is 1. The van der Waals surface area contributed by atoms with Gasteiger partial charge >= 0.3 is 0 Å². The van der Waals surface area contributed by atoms with E-state index >= 15 is 0 Å². The molecule has 2 aromatic rings. The molecule has 0 aliphatic carbocycles. The van der Waals surface area contributed by atoms with Gasteiger partial charge in [-0.3, -0.25) is 0 Å². The molecular formula is C17H23NOS. The molecule has 108 valence electrons. The first-order valence-corrected chi connectivity index (χ1v) is 8.42. The fourth-order valence-corrected chi connectivity index (χ4v) is 2.95. The van der Waals surface area contributed by atoms with Crippen molar-refractivity contribution in [3.63, 3.8) is 0 Å². The summed E-state index contributed by atoms with van der Waals surface area (Å²) in [6, 6.07) is 13.2. The van der Waals surface area contributed by atoms with Crippen LogP contribution in [0, 0.1) is 0 Å². The van der Waals surface area contributed by atoms with E-state index in [-0.39, 0.29) is 0 Å². The van der Waals surface area contributed by atoms with E-state index in [1.807, 2.05) is 11.8 Å². The topological polar surface area (TPSA) is 21.3 Å². The van der Waals surface area contributed by atoms with Gasteiger partial charge in [0.25, 0.3) is 0 Å². The quantitative estimate of drug-likeness (QED) is 0.830. The van der Waals surface area contributed by atoms with Crippen molar-refractivity contribution in [1.82, 2.24) is 5.32 Å². The fraction of sp³-hybridized carbons (Fsp3) is 0.412. The normalized spacial score (nSPS) is 12.6. The third-order valence-electron chi connectivity index (χ3n) is 3.60. The highest BCUT2D eigenvalue weighted by Gasteiger charge is 2.09. The number of nitrogens with one attached hydrogen (secondary N) is 1. The second-order valence-corrected chi connectivity index (χ2v) is 6.02. The number of fused-ring (bicyclic) bond motifs is 1. The van der Waals surface area contributed by atoms with Crippen LogP contribution in [0.1, 0.15) is 18.9 Å². The molecule has 0 aliphatic rings. The van der Waals surface area contributed by atoms with Crippen molar-refractivity contribution in [3.8, 4) is 5.75 Å². The van der Waals surface area contributed by atoms with Crippen LogP contribution in [-0.4, -0.2) is 25.2 Å². The monoisotopic (exact) mass is 289 g/mol. The zero-order chi connectivity index (χ0) is 14.4. The maximum absolute atomic E-state index is 5.52. The van der Waals surface area contributed by atoms with Gasteiger partial charge in [-0.2, -0.15) is 11.8 Å². The molecule has 0 bridgehead atoms. The second kappa shape index (κ2) is 7.55. The first-order chi connectivity index (χ1) is 9.76. The Kier molecular flexibility index (Phi) is 5.74. The zero-order valence-corrected chi connectivity index (χ0v) is 13.3. The van der Waals surface area contributed by atoms with E-state index in [1.54, 1.807) is 7.11 Å². The Morgan fingerprint density at radius 3 is 2.75 bits per heavy atom. The van der Waals surface area contributed by atoms with E-state index < -0.39 is 0 Å². The van der Waals surface area contributed by atoms with E-state index in [0.29, 0.717) is 6.04 Å². The molecule has 2 nitrogen and oxygen atoms in total. The molecule has 1 unspecified atom stereocenters. The predicted octanol–water partition coefficient (Wildman–Crippen LogP) is 4.08. The minimum atomic E-state index is 0.520. The fourth-order valence-electron chi connectivity index (χ4n) is 2.36. The summed E-state index contributed by atoms with van der Waals surface area (Å²) in [7, 11) is 1.74. The SMILES string of the molecule is COc1ccc2ccccc2c1CNC(C)CCSC. The van der Waals surface area contributed by atoms with E-state index in [1.165, 1.54) is 28.5 Å². The number of hydrogen-bond acceptors (Lipinski definition) is 3. The van der Waals surface area contributed by atoms with Crippen molar-refractivity contribution >= 4 is 22.5 Å². The molecule has 0 saturated heterocycles. The largest absolute Gasteiger partial charge is 0.496 e. The van der Waals surface area contributed by atoms with Crippen LogP contribution < -0.4 is 10.1 Å². The van der Waals surface area contributed by atoms with Gasteiger partial charge in [0.15, 0.2) is 0 Å². The molecule has 2 rings (SSSR count). The molecule has 20 heavy (non-hydrogen) atoms. The van der Waals surface area contributed by atoms with E-state index in [9.17, 15) is 0 Å². The molecular weight excluding hydrogens is 266 g/mol. The van der Waals surface area contributed by atoms with Crippen LogP contribution in [-0.2, 0) is 6.54 Å². The summed E-state index contributed by atoms with van der Waals surface area (Å²) in [5.41, 5.74) is 1.25. The highest BCUT2D eigenvalue weighted by Crippen LogP contribution is 2.27. The summed E-state index contributed by atoms with van der Waals surface area (Å²) in [4.78, 5) is 0. The van der Waals surface area contributed by atoms with Crippen molar-refractivity contribution in [2.75, 3.05) is 19.1 Å². The second-order valence-electron chi connectivity index (χ2n) is 5.03. The van der Waals surface area contributed by atoms with Crippen LogP contribution >= 0.6 is 11.8 Å². The third-order valence-corrected chi connectivity index (χ3v) is 4.24. The number of thioether (sulfide) groups is 1. The summed E-state index contributed by atoms with van der Waals surface area (Å²) in [5.74, 6) is 2.16. The minimum absolute atomic E-state index is 0.520. The predicted molar refractivity (Wildman–Crippen MR) is 89.8 cm³/mol. The molecule has 0 radical (unpaired) electrons. The molecule has 1 atom stereocenters. The maximum Gasteiger partial charge on any atom is 0.123 e. The molecule has 0 amide bonds. The molecule has 0 fully saturated rings. The van der Waals surface area contributed by atoms with Gasteiger partial charge in [0, 0.05) is 18.2 Å². The van der Waals surface area contributed by atoms with Crippen molar-refractivity contribution in [2.45, 2.75) is 25.9 Å². The summed E-state index contributed by atoms with van der Waals surface area (Å²) in [5, 5.41) is 6.15. The summed E-state index contributed by atoms with van der Waals surface area (Å²) in [6.45, 7) is 3.09. The lowest BCUT2D eigenvalue weighted by molar-refractivity contribution is 0.406. The molecule has 0 saturated carbocycles. The minimum Gasteiger partial charge on any atom is -0.496 e. The number of ether oxygens (including phenoxy) is 1. The standard InChI is InChI=1S/C17H23NOS/c1-13(10-11-20-3)18-12-16-15-7-5-4-6-14(15)8-9-17(16)19-2/h4-9,13,18H,10-12H2,1-3H3. The maximum atomic E-state index is 5.52. The summed E-state index contributed by atoms with van der Waals surface area (Å²) >= 11 is 1.90. The molecule has 2 aromatic carbocycles. The Hall–Kier alpha value is -1.19. The van der Waals surface area contributed by atoms with Crippen molar-refractivity contribution in [2.24, 2.45) is 0 Å². The Labute approximate surface area is 125 Å². The van der Waals surface area contributed by atoms with Crippen LogP contribution in [0.3, 0.4) is 0 Å². The molecule has 0 aromatic heterocycles. The molecule has 3 heteroatoms. The van der Waals surface area contributed by atoms with Crippen LogP contribution in [0.5, 0.6) is 5.75 Å². The smallest absolute Gasteiger partial charge is 0.123 e. The highest BCUT2D eigenvalue weighted by atomic mass is 32.2. The van der Waals surface area contributed by atoms with Crippen LogP contribution in [0.25, 0.3) is 10.8 Å². The number of hydrogen-bond donors (Lipinski definition) is 1.